The van der Waals surface area contributed by atoms with E-state index in [-0.39, 0.29) is 5.69 Å². The molecule has 0 amide bonds. The highest BCUT2D eigenvalue weighted by atomic mass is 35.5. The predicted molar refractivity (Wildman–Crippen MR) is 103 cm³/mol. The fourth-order valence-electron chi connectivity index (χ4n) is 2.12. The number of hydrogen-bond acceptors (Lipinski definition) is 5. The summed E-state index contributed by atoms with van der Waals surface area (Å²) in [5.74, 6) is 0.838. The molecule has 0 saturated heterocycles. The van der Waals surface area contributed by atoms with E-state index >= 15 is 0 Å². The molecule has 6 nitrogen and oxygen atoms in total. The van der Waals surface area contributed by atoms with Crippen LogP contribution in [0.25, 0.3) is 11.3 Å². The quantitative estimate of drug-likeness (QED) is 0.306. The van der Waals surface area contributed by atoms with Crippen molar-refractivity contribution in [2.75, 3.05) is 5.43 Å². The first-order valence-corrected chi connectivity index (χ1v) is 8.36. The van der Waals surface area contributed by atoms with E-state index in [1.54, 1.807) is 30.3 Å². The molecule has 2 aromatic carbocycles. The number of furan rings is 1. The molecule has 0 spiro atoms. The van der Waals surface area contributed by atoms with Gasteiger partial charge in [0.25, 0.3) is 5.69 Å². The predicted octanol–water partition coefficient (Wildman–Crippen LogP) is 6.26. The van der Waals surface area contributed by atoms with Crippen LogP contribution in [0.2, 0.25) is 15.1 Å². The minimum Gasteiger partial charge on any atom is -0.455 e. The van der Waals surface area contributed by atoms with Crippen LogP contribution in [-0.2, 0) is 0 Å². The van der Waals surface area contributed by atoms with Gasteiger partial charge < -0.3 is 4.42 Å². The van der Waals surface area contributed by atoms with Gasteiger partial charge in [0, 0.05) is 17.7 Å². The average molecular weight is 411 g/mol. The minimum absolute atomic E-state index is 0.0719. The molecule has 0 atom stereocenters. The highest BCUT2D eigenvalue weighted by molar-refractivity contribution is 6.42. The van der Waals surface area contributed by atoms with Crippen LogP contribution in [0.4, 0.5) is 11.4 Å². The number of hydrazone groups is 1. The highest BCUT2D eigenvalue weighted by Crippen LogP contribution is 2.32. The molecule has 0 fully saturated rings. The molecular weight excluding hydrogens is 401 g/mol. The summed E-state index contributed by atoms with van der Waals surface area (Å²) < 4.78 is 5.62. The summed E-state index contributed by atoms with van der Waals surface area (Å²) in [7, 11) is 0. The van der Waals surface area contributed by atoms with Crippen LogP contribution < -0.4 is 5.43 Å². The van der Waals surface area contributed by atoms with Crippen LogP contribution >= 0.6 is 34.8 Å². The van der Waals surface area contributed by atoms with E-state index in [9.17, 15) is 10.1 Å². The number of nitrogens with zero attached hydrogens (tertiary/aromatic N) is 2. The van der Waals surface area contributed by atoms with Gasteiger partial charge in [0.1, 0.15) is 11.5 Å². The first-order valence-electron chi connectivity index (χ1n) is 7.22. The van der Waals surface area contributed by atoms with Gasteiger partial charge in [0.15, 0.2) is 0 Å². The lowest BCUT2D eigenvalue weighted by Crippen LogP contribution is -1.90. The Kier molecular flexibility index (Phi) is 5.46. The van der Waals surface area contributed by atoms with Crippen LogP contribution in [0.3, 0.4) is 0 Å². The normalized spacial score (nSPS) is 11.0. The maximum Gasteiger partial charge on any atom is 0.270 e. The first kappa shape index (κ1) is 18.3. The van der Waals surface area contributed by atoms with E-state index in [0.29, 0.717) is 37.8 Å². The highest BCUT2D eigenvalue weighted by Gasteiger charge is 2.14. The molecule has 0 aliphatic heterocycles. The van der Waals surface area contributed by atoms with Crippen molar-refractivity contribution < 1.29 is 9.34 Å². The third kappa shape index (κ3) is 4.16. The molecule has 1 aromatic heterocycles. The number of benzene rings is 2. The van der Waals surface area contributed by atoms with Crippen molar-refractivity contribution in [2.24, 2.45) is 5.10 Å². The Bertz CT molecular complexity index is 1000. The molecule has 0 aliphatic carbocycles. The van der Waals surface area contributed by atoms with Gasteiger partial charge in [-0.1, -0.05) is 34.8 Å². The van der Waals surface area contributed by atoms with Crippen molar-refractivity contribution in [1.82, 2.24) is 0 Å². The van der Waals surface area contributed by atoms with Crippen molar-refractivity contribution in [3.05, 3.63) is 79.5 Å². The third-order valence-corrected chi connectivity index (χ3v) is 4.43. The number of nitro groups is 1. The molecule has 26 heavy (non-hydrogen) atoms. The second-order valence-electron chi connectivity index (χ2n) is 5.12. The van der Waals surface area contributed by atoms with Crippen LogP contribution in [0.15, 0.2) is 58.0 Å². The third-order valence-electron chi connectivity index (χ3n) is 3.36. The van der Waals surface area contributed by atoms with Crippen molar-refractivity contribution in [3.8, 4) is 11.3 Å². The van der Waals surface area contributed by atoms with Gasteiger partial charge in [-0.15, -0.1) is 0 Å². The molecule has 1 heterocycles. The molecule has 0 bridgehead atoms. The van der Waals surface area contributed by atoms with Gasteiger partial charge in [-0.25, -0.2) is 0 Å². The number of hydrogen-bond donors (Lipinski definition) is 1. The summed E-state index contributed by atoms with van der Waals surface area (Å²) >= 11 is 17.9. The fraction of sp³-hybridized carbons (Fsp3) is 0. The van der Waals surface area contributed by atoms with E-state index in [0.717, 1.165) is 0 Å². The van der Waals surface area contributed by atoms with Crippen molar-refractivity contribution >= 4 is 52.4 Å². The monoisotopic (exact) mass is 409 g/mol. The molecule has 3 rings (SSSR count). The van der Waals surface area contributed by atoms with Crippen molar-refractivity contribution in [1.29, 1.82) is 0 Å². The Balaban J connectivity index is 1.76. The number of rotatable bonds is 5. The zero-order chi connectivity index (χ0) is 18.7. The summed E-state index contributed by atoms with van der Waals surface area (Å²) in [6, 6.07) is 12.5. The largest absolute Gasteiger partial charge is 0.455 e. The molecule has 0 radical (unpaired) electrons. The van der Waals surface area contributed by atoms with Gasteiger partial charge in [0.05, 0.1) is 31.9 Å². The maximum atomic E-state index is 10.9. The lowest BCUT2D eigenvalue weighted by Gasteiger charge is -2.01. The van der Waals surface area contributed by atoms with Gasteiger partial charge in [-0.2, -0.15) is 5.10 Å². The Labute approximate surface area is 163 Å². The molecule has 0 unspecified atom stereocenters. The maximum absolute atomic E-state index is 10.9. The smallest absolute Gasteiger partial charge is 0.270 e. The molecular formula is C17H10Cl3N3O3. The molecule has 132 valence electrons. The molecule has 0 aliphatic rings. The summed E-state index contributed by atoms with van der Waals surface area (Å²) in [5.41, 5.74) is 3.81. The Hall–Kier alpha value is -2.54. The average Bonchev–Trinajstić information content (AvgIpc) is 3.07. The second kappa shape index (κ2) is 7.78. The number of non-ortho nitro benzene ring substituents is 1. The number of nitro benzene ring substituents is 1. The van der Waals surface area contributed by atoms with Gasteiger partial charge in [-0.3, -0.25) is 15.5 Å². The van der Waals surface area contributed by atoms with Crippen molar-refractivity contribution in [3.63, 3.8) is 0 Å². The summed E-state index contributed by atoms with van der Waals surface area (Å²) in [6.45, 7) is 0. The fourth-order valence-corrected chi connectivity index (χ4v) is 2.63. The Morgan fingerprint density at radius 1 is 1.00 bits per heavy atom. The van der Waals surface area contributed by atoms with E-state index in [4.69, 9.17) is 39.2 Å². The van der Waals surface area contributed by atoms with Crippen LogP contribution in [0.5, 0.6) is 0 Å². The van der Waals surface area contributed by atoms with E-state index < -0.39 is 4.92 Å². The van der Waals surface area contributed by atoms with Gasteiger partial charge >= 0.3 is 0 Å². The lowest BCUT2D eigenvalue weighted by molar-refractivity contribution is -0.384. The summed E-state index contributed by atoms with van der Waals surface area (Å²) in [6.07, 6.45) is 1.46. The number of nitrogens with one attached hydrogen (secondary N) is 1. The minimum atomic E-state index is -0.494. The first-order chi connectivity index (χ1) is 12.4. The molecule has 0 saturated carbocycles. The van der Waals surface area contributed by atoms with Crippen LogP contribution in [0, 0.1) is 10.1 Å². The Morgan fingerprint density at radius 3 is 2.50 bits per heavy atom. The summed E-state index contributed by atoms with van der Waals surface area (Å²) in [4.78, 5) is 10.4. The number of anilines is 1. The SMILES string of the molecule is O=[N+]([O-])c1ccc(Cl)c(-c2ccc(C=NNc3ccc(Cl)c(Cl)c3)o2)c1. The lowest BCUT2D eigenvalue weighted by atomic mass is 10.1. The zero-order valence-corrected chi connectivity index (χ0v) is 15.2. The summed E-state index contributed by atoms with van der Waals surface area (Å²) in [5, 5.41) is 16.2. The Morgan fingerprint density at radius 2 is 1.77 bits per heavy atom. The van der Waals surface area contributed by atoms with E-state index in [1.165, 1.54) is 24.4 Å². The van der Waals surface area contributed by atoms with Gasteiger partial charge in [0.2, 0.25) is 0 Å². The molecule has 9 heteroatoms. The van der Waals surface area contributed by atoms with Gasteiger partial charge in [-0.05, 0) is 36.4 Å². The van der Waals surface area contributed by atoms with E-state index in [2.05, 4.69) is 10.5 Å². The second-order valence-corrected chi connectivity index (χ2v) is 6.34. The zero-order valence-electron chi connectivity index (χ0n) is 12.9. The topological polar surface area (TPSA) is 80.7 Å². The van der Waals surface area contributed by atoms with E-state index in [1.807, 2.05) is 0 Å². The van der Waals surface area contributed by atoms with Crippen molar-refractivity contribution in [2.45, 2.75) is 0 Å². The van der Waals surface area contributed by atoms with Crippen LogP contribution in [0.1, 0.15) is 5.76 Å². The molecule has 1 N–H and O–H groups in total. The number of halogens is 3. The standard InChI is InChI=1S/C17H10Cl3N3O3/c18-14-5-2-11(23(24)25)8-13(14)17-6-3-12(26-17)9-21-22-10-1-4-15(19)16(20)7-10/h1-9,22H. The molecule has 3 aromatic rings. The van der Waals surface area contributed by atoms with Crippen LogP contribution in [-0.4, -0.2) is 11.1 Å².